The van der Waals surface area contributed by atoms with E-state index in [1.165, 1.54) is 0 Å². The zero-order valence-corrected chi connectivity index (χ0v) is 4.56. The number of carbonyl (C=O) groups is 1. The van der Waals surface area contributed by atoms with Crippen LogP contribution in [0.15, 0.2) is 0 Å². The molecule has 7 heavy (non-hydrogen) atoms. The van der Waals surface area contributed by atoms with Crippen LogP contribution in [0.4, 0.5) is 0 Å². The Kier molecular flexibility index (Phi) is 2.98. The molecule has 0 radical (unpaired) electrons. The van der Waals surface area contributed by atoms with Crippen molar-refractivity contribution in [1.82, 2.24) is 0 Å². The maximum atomic E-state index is 9.91. The van der Waals surface area contributed by atoms with E-state index < -0.39 is 11.2 Å². The van der Waals surface area contributed by atoms with Gasteiger partial charge < -0.3 is 10.8 Å². The van der Waals surface area contributed by atoms with Crippen molar-refractivity contribution in [1.29, 1.82) is 0 Å². The second-order valence-corrected chi connectivity index (χ2v) is 1.53. The molecule has 0 aliphatic rings. The molecule has 0 saturated heterocycles. The van der Waals surface area contributed by atoms with E-state index in [1.54, 1.807) is 0 Å². The summed E-state index contributed by atoms with van der Waals surface area (Å²) in [5.74, 6) is 0. The highest BCUT2D eigenvalue weighted by molar-refractivity contribution is 7.96. The summed E-state index contributed by atoms with van der Waals surface area (Å²) in [7, 11) is 0. The molecule has 0 aliphatic heterocycles. The quantitative estimate of drug-likeness (QED) is 0.400. The fourth-order valence-corrected chi connectivity index (χ4v) is 0.206. The number of aliphatic hydroxyl groups excluding tert-OH is 1. The first-order valence-electron chi connectivity index (χ1n) is 1.79. The second kappa shape index (κ2) is 3.01. The molecule has 0 fully saturated rings. The minimum absolute atomic E-state index is 0.0532. The molecule has 3 nitrogen and oxygen atoms in total. The molecule has 0 aliphatic carbocycles. The van der Waals surface area contributed by atoms with Gasteiger partial charge in [0.15, 0.2) is 0 Å². The van der Waals surface area contributed by atoms with Gasteiger partial charge in [-0.15, -0.1) is 12.6 Å². The first-order valence-corrected chi connectivity index (χ1v) is 2.24. The van der Waals surface area contributed by atoms with Crippen LogP contribution in [0.25, 0.3) is 0 Å². The maximum Gasteiger partial charge on any atom is 0.215 e. The topological polar surface area (TPSA) is 63.3 Å². The van der Waals surface area contributed by atoms with Gasteiger partial charge in [-0.2, -0.15) is 0 Å². The van der Waals surface area contributed by atoms with Crippen LogP contribution >= 0.6 is 12.6 Å². The summed E-state index contributed by atoms with van der Waals surface area (Å²) in [5.41, 5.74) is 4.85. The van der Waals surface area contributed by atoms with Crippen LogP contribution in [0.2, 0.25) is 0 Å². The molecule has 0 amide bonds. The zero-order valence-electron chi connectivity index (χ0n) is 3.66. The zero-order chi connectivity index (χ0) is 5.86. The Balaban J connectivity index is 3.34. The van der Waals surface area contributed by atoms with Crippen molar-refractivity contribution < 1.29 is 9.90 Å². The molecular formula is C3H7NO2S. The average Bonchev–Trinajstić information content (AvgIpc) is 1.65. The fraction of sp³-hybridized carbons (Fsp3) is 0.667. The van der Waals surface area contributed by atoms with Crippen molar-refractivity contribution in [3.8, 4) is 0 Å². The second-order valence-electron chi connectivity index (χ2n) is 1.09. The van der Waals surface area contributed by atoms with Gasteiger partial charge in [0.05, 0.1) is 0 Å². The summed E-state index contributed by atoms with van der Waals surface area (Å²) in [4.78, 5) is 9.91. The number of hydrogen-bond donors (Lipinski definition) is 3. The van der Waals surface area contributed by atoms with Gasteiger partial charge in [-0.25, -0.2) is 0 Å². The van der Waals surface area contributed by atoms with E-state index in [9.17, 15) is 4.79 Å². The first kappa shape index (κ1) is 6.94. The molecule has 4 heteroatoms. The Morgan fingerprint density at radius 1 is 2.00 bits per heavy atom. The number of nitrogens with two attached hydrogens (primary N) is 1. The Morgan fingerprint density at radius 3 is 2.43 bits per heavy atom. The fourth-order valence-electron chi connectivity index (χ4n) is 0.101. The largest absolute Gasteiger partial charge is 0.383 e. The van der Waals surface area contributed by atoms with Crippen LogP contribution in [0.3, 0.4) is 0 Å². The lowest BCUT2D eigenvalue weighted by Gasteiger charge is -1.96. The minimum atomic E-state index is -1.09. The number of aliphatic hydroxyl groups is 1. The Morgan fingerprint density at radius 2 is 2.43 bits per heavy atom. The van der Waals surface area contributed by atoms with Crippen molar-refractivity contribution in [3.05, 3.63) is 0 Å². The summed E-state index contributed by atoms with van der Waals surface area (Å²) in [6.07, 6.45) is -1.09. The number of hydrogen-bond acceptors (Lipinski definition) is 3. The standard InChI is InChI=1S/C3H7NO2S/c4-1-2(5)3(6)7/h2,5H,1,4H2,(H,6,7). The van der Waals surface area contributed by atoms with Crippen molar-refractivity contribution in [2.75, 3.05) is 6.54 Å². The van der Waals surface area contributed by atoms with Crippen molar-refractivity contribution >= 4 is 17.7 Å². The van der Waals surface area contributed by atoms with E-state index in [-0.39, 0.29) is 6.54 Å². The monoisotopic (exact) mass is 121 g/mol. The molecule has 0 heterocycles. The average molecular weight is 121 g/mol. The van der Waals surface area contributed by atoms with Gasteiger partial charge in [0.2, 0.25) is 5.12 Å². The summed E-state index contributed by atoms with van der Waals surface area (Å²) < 4.78 is 0. The highest BCUT2D eigenvalue weighted by Crippen LogP contribution is 1.84. The van der Waals surface area contributed by atoms with E-state index in [2.05, 4.69) is 12.6 Å². The molecule has 42 valence electrons. The molecule has 0 aromatic carbocycles. The lowest BCUT2D eigenvalue weighted by atomic mass is 10.4. The summed E-state index contributed by atoms with van der Waals surface area (Å²) in [5, 5.41) is 7.80. The Labute approximate surface area is 46.9 Å². The van der Waals surface area contributed by atoms with E-state index >= 15 is 0 Å². The van der Waals surface area contributed by atoms with E-state index in [0.717, 1.165) is 0 Å². The van der Waals surface area contributed by atoms with E-state index in [1.807, 2.05) is 0 Å². The third kappa shape index (κ3) is 2.61. The Bertz CT molecular complexity index is 75.3. The molecule has 0 aromatic heterocycles. The van der Waals surface area contributed by atoms with Crippen LogP contribution < -0.4 is 5.73 Å². The van der Waals surface area contributed by atoms with Gasteiger partial charge in [0.1, 0.15) is 6.10 Å². The predicted molar refractivity (Wildman–Crippen MR) is 29.1 cm³/mol. The normalized spacial score (nSPS) is 13.6. The molecule has 0 aromatic rings. The number of thiol groups is 1. The van der Waals surface area contributed by atoms with Gasteiger partial charge in [0, 0.05) is 6.54 Å². The third-order valence-electron chi connectivity index (χ3n) is 0.508. The van der Waals surface area contributed by atoms with Gasteiger partial charge in [0.25, 0.3) is 0 Å². The summed E-state index contributed by atoms with van der Waals surface area (Å²) in [6.45, 7) is -0.0532. The van der Waals surface area contributed by atoms with Gasteiger partial charge in [-0.3, -0.25) is 4.79 Å². The molecule has 0 bridgehead atoms. The van der Waals surface area contributed by atoms with Gasteiger partial charge in [-0.1, -0.05) is 0 Å². The van der Waals surface area contributed by atoms with Crippen LogP contribution in [-0.2, 0) is 4.79 Å². The molecule has 1 atom stereocenters. The van der Waals surface area contributed by atoms with E-state index in [0.29, 0.717) is 0 Å². The first-order chi connectivity index (χ1) is 3.18. The van der Waals surface area contributed by atoms with Crippen molar-refractivity contribution in [3.63, 3.8) is 0 Å². The lowest BCUT2D eigenvalue weighted by molar-refractivity contribution is -0.117. The number of carbonyl (C=O) groups excluding carboxylic acids is 1. The van der Waals surface area contributed by atoms with Crippen LogP contribution in [0.5, 0.6) is 0 Å². The molecule has 0 saturated carbocycles. The van der Waals surface area contributed by atoms with Crippen LogP contribution in [0, 0.1) is 0 Å². The third-order valence-corrected chi connectivity index (χ3v) is 0.806. The van der Waals surface area contributed by atoms with Gasteiger partial charge in [-0.05, 0) is 0 Å². The highest BCUT2D eigenvalue weighted by atomic mass is 32.1. The van der Waals surface area contributed by atoms with Crippen molar-refractivity contribution in [2.45, 2.75) is 6.10 Å². The van der Waals surface area contributed by atoms with E-state index in [4.69, 9.17) is 10.8 Å². The van der Waals surface area contributed by atoms with Crippen molar-refractivity contribution in [2.24, 2.45) is 5.73 Å². The predicted octanol–water partition coefficient (Wildman–Crippen LogP) is -1.24. The summed E-state index contributed by atoms with van der Waals surface area (Å²) >= 11 is 3.30. The molecule has 0 rings (SSSR count). The smallest absolute Gasteiger partial charge is 0.215 e. The lowest BCUT2D eigenvalue weighted by Crippen LogP contribution is -2.25. The molecule has 0 spiro atoms. The molecule has 1 unspecified atom stereocenters. The SMILES string of the molecule is NCC(O)C(=O)S. The summed E-state index contributed by atoms with van der Waals surface area (Å²) in [6, 6.07) is 0. The van der Waals surface area contributed by atoms with Gasteiger partial charge >= 0.3 is 0 Å². The minimum Gasteiger partial charge on any atom is -0.383 e. The maximum absolute atomic E-state index is 9.91. The molecule has 3 N–H and O–H groups in total. The Hall–Kier alpha value is -0.0600. The van der Waals surface area contributed by atoms with Crippen LogP contribution in [0.1, 0.15) is 0 Å². The molecular weight excluding hydrogens is 114 g/mol. The highest BCUT2D eigenvalue weighted by Gasteiger charge is 2.05. The van der Waals surface area contributed by atoms with Crippen LogP contribution in [-0.4, -0.2) is 22.9 Å². The number of rotatable bonds is 2.